The van der Waals surface area contributed by atoms with Gasteiger partial charge in [-0.3, -0.25) is 4.79 Å². The van der Waals surface area contributed by atoms with Crippen molar-refractivity contribution >= 4 is 11.9 Å². The highest BCUT2D eigenvalue weighted by molar-refractivity contribution is 5.78. The Kier molecular flexibility index (Phi) is 3.58. The maximum Gasteiger partial charge on any atom is 0.433 e. The number of anilines is 1. The van der Waals surface area contributed by atoms with Crippen LogP contribution in [0.2, 0.25) is 0 Å². The predicted molar refractivity (Wildman–Crippen MR) is 64.0 cm³/mol. The first kappa shape index (κ1) is 14.5. The van der Waals surface area contributed by atoms with Crippen LogP contribution in [0.4, 0.5) is 19.1 Å². The highest BCUT2D eigenvalue weighted by Crippen LogP contribution is 2.34. The minimum Gasteiger partial charge on any atom is -0.469 e. The Balaban J connectivity index is 2.21. The number of hydrogen-bond donors (Lipinski definition) is 0. The molecule has 0 N–H and O–H groups in total. The van der Waals surface area contributed by atoms with Gasteiger partial charge in [-0.15, -0.1) is 0 Å². The zero-order valence-corrected chi connectivity index (χ0v) is 11.1. The molecule has 0 radical (unpaired) electrons. The number of esters is 1. The normalized spacial score (nSPS) is 22.9. The predicted octanol–water partition coefficient (Wildman–Crippen LogP) is 1.88. The Bertz CT molecular complexity index is 521. The van der Waals surface area contributed by atoms with E-state index in [1.807, 2.05) is 0 Å². The molecule has 1 aromatic rings. The van der Waals surface area contributed by atoms with Crippen LogP contribution in [0.15, 0.2) is 12.3 Å². The molecule has 1 atom stereocenters. The smallest absolute Gasteiger partial charge is 0.433 e. The fraction of sp³-hybridized carbons (Fsp3) is 0.583. The molecule has 0 amide bonds. The van der Waals surface area contributed by atoms with Gasteiger partial charge in [-0.1, -0.05) is 0 Å². The van der Waals surface area contributed by atoms with Crippen LogP contribution < -0.4 is 4.90 Å². The third-order valence-electron chi connectivity index (χ3n) is 3.37. The molecule has 1 saturated heterocycles. The number of hydrogen-bond acceptors (Lipinski definition) is 5. The summed E-state index contributed by atoms with van der Waals surface area (Å²) in [5.74, 6) is -0.403. The van der Waals surface area contributed by atoms with Gasteiger partial charge in [-0.05, 0) is 19.4 Å². The van der Waals surface area contributed by atoms with Crippen LogP contribution in [-0.2, 0) is 15.7 Å². The Morgan fingerprint density at radius 2 is 2.20 bits per heavy atom. The molecular weight excluding hydrogens is 275 g/mol. The maximum atomic E-state index is 12.6. The molecule has 1 fully saturated rings. The van der Waals surface area contributed by atoms with Gasteiger partial charge in [0.1, 0.15) is 5.69 Å². The Labute approximate surface area is 113 Å². The van der Waals surface area contributed by atoms with Crippen molar-refractivity contribution < 1.29 is 22.7 Å². The molecule has 1 aromatic heterocycles. The number of carbonyl (C=O) groups excluding carboxylic acids is 1. The average Bonchev–Trinajstić information content (AvgIpc) is 2.81. The van der Waals surface area contributed by atoms with Gasteiger partial charge in [-0.2, -0.15) is 13.2 Å². The molecule has 1 unspecified atom stereocenters. The minimum atomic E-state index is -4.51. The van der Waals surface area contributed by atoms with E-state index in [-0.39, 0.29) is 18.5 Å². The van der Waals surface area contributed by atoms with E-state index in [0.717, 1.165) is 12.3 Å². The van der Waals surface area contributed by atoms with Gasteiger partial charge in [-0.25, -0.2) is 9.97 Å². The van der Waals surface area contributed by atoms with E-state index in [2.05, 4.69) is 9.97 Å². The van der Waals surface area contributed by atoms with Gasteiger partial charge in [0.2, 0.25) is 5.95 Å². The number of carbonyl (C=O) groups is 1. The molecule has 0 saturated carbocycles. The van der Waals surface area contributed by atoms with Crippen LogP contribution in [0.25, 0.3) is 0 Å². The number of aromatic nitrogens is 2. The van der Waals surface area contributed by atoms with Gasteiger partial charge in [0.25, 0.3) is 0 Å². The fourth-order valence-corrected chi connectivity index (χ4v) is 2.20. The topological polar surface area (TPSA) is 55.3 Å². The molecule has 2 heterocycles. The van der Waals surface area contributed by atoms with E-state index in [9.17, 15) is 18.0 Å². The lowest BCUT2D eigenvalue weighted by Gasteiger charge is -2.22. The number of ether oxygens (including phenoxy) is 1. The molecule has 0 spiro atoms. The van der Waals surface area contributed by atoms with Gasteiger partial charge in [0.15, 0.2) is 0 Å². The first-order valence-corrected chi connectivity index (χ1v) is 6.00. The van der Waals surface area contributed by atoms with Crippen molar-refractivity contribution in [2.24, 2.45) is 5.41 Å². The van der Waals surface area contributed by atoms with E-state index in [1.165, 1.54) is 7.11 Å². The second kappa shape index (κ2) is 4.92. The van der Waals surface area contributed by atoms with Gasteiger partial charge < -0.3 is 9.64 Å². The van der Waals surface area contributed by atoms with Crippen LogP contribution >= 0.6 is 0 Å². The summed E-state index contributed by atoms with van der Waals surface area (Å²) in [5, 5.41) is 0. The highest BCUT2D eigenvalue weighted by Gasteiger charge is 2.42. The average molecular weight is 289 g/mol. The molecule has 0 bridgehead atoms. The van der Waals surface area contributed by atoms with Crippen molar-refractivity contribution in [2.75, 3.05) is 25.1 Å². The molecule has 2 rings (SSSR count). The van der Waals surface area contributed by atoms with Gasteiger partial charge >= 0.3 is 12.1 Å². The molecule has 1 aliphatic rings. The number of methoxy groups -OCH3 is 1. The van der Waals surface area contributed by atoms with Crippen LogP contribution in [0, 0.1) is 5.41 Å². The first-order valence-electron chi connectivity index (χ1n) is 6.00. The second-order valence-corrected chi connectivity index (χ2v) is 4.96. The molecule has 20 heavy (non-hydrogen) atoms. The van der Waals surface area contributed by atoms with E-state index in [1.54, 1.807) is 11.8 Å². The molecule has 8 heteroatoms. The summed E-state index contributed by atoms with van der Waals surface area (Å²) >= 11 is 0. The van der Waals surface area contributed by atoms with Crippen molar-refractivity contribution in [3.8, 4) is 0 Å². The lowest BCUT2D eigenvalue weighted by atomic mass is 9.90. The SMILES string of the molecule is COC(=O)C1(C)CCN(c2nccc(C(F)(F)F)n2)C1. The Hall–Kier alpha value is -1.86. The number of nitrogens with zero attached hydrogens (tertiary/aromatic N) is 3. The summed E-state index contributed by atoms with van der Waals surface area (Å²) in [6.07, 6.45) is -2.96. The Morgan fingerprint density at radius 3 is 2.80 bits per heavy atom. The molecule has 110 valence electrons. The number of halogens is 3. The van der Waals surface area contributed by atoms with E-state index in [4.69, 9.17) is 4.74 Å². The molecular formula is C12H14F3N3O2. The monoisotopic (exact) mass is 289 g/mol. The van der Waals surface area contributed by atoms with Crippen molar-refractivity contribution in [3.63, 3.8) is 0 Å². The van der Waals surface area contributed by atoms with E-state index in [0.29, 0.717) is 13.0 Å². The minimum absolute atomic E-state index is 0.0209. The van der Waals surface area contributed by atoms with Crippen LogP contribution in [0.3, 0.4) is 0 Å². The molecule has 0 aliphatic carbocycles. The summed E-state index contributed by atoms with van der Waals surface area (Å²) in [4.78, 5) is 20.6. The van der Waals surface area contributed by atoms with Gasteiger partial charge in [0, 0.05) is 19.3 Å². The number of alkyl halides is 3. The number of rotatable bonds is 2. The van der Waals surface area contributed by atoms with Gasteiger partial charge in [0.05, 0.1) is 12.5 Å². The summed E-state index contributed by atoms with van der Waals surface area (Å²) in [6.45, 7) is 2.36. The third-order valence-corrected chi connectivity index (χ3v) is 3.37. The maximum absolute atomic E-state index is 12.6. The standard InChI is InChI=1S/C12H14F3N3O2/c1-11(9(19)20-2)4-6-18(7-11)10-16-5-3-8(17-10)12(13,14)15/h3,5H,4,6-7H2,1-2H3. The lowest BCUT2D eigenvalue weighted by molar-refractivity contribution is -0.150. The first-order chi connectivity index (χ1) is 9.26. The molecule has 1 aliphatic heterocycles. The second-order valence-electron chi connectivity index (χ2n) is 4.96. The highest BCUT2D eigenvalue weighted by atomic mass is 19.4. The van der Waals surface area contributed by atoms with Crippen molar-refractivity contribution in [1.29, 1.82) is 0 Å². The largest absolute Gasteiger partial charge is 0.469 e. The van der Waals surface area contributed by atoms with E-state index < -0.39 is 17.3 Å². The fourth-order valence-electron chi connectivity index (χ4n) is 2.20. The Morgan fingerprint density at radius 1 is 1.50 bits per heavy atom. The zero-order valence-electron chi connectivity index (χ0n) is 11.1. The van der Waals surface area contributed by atoms with Crippen molar-refractivity contribution in [3.05, 3.63) is 18.0 Å². The van der Waals surface area contributed by atoms with Crippen molar-refractivity contribution in [1.82, 2.24) is 9.97 Å². The quantitative estimate of drug-likeness (QED) is 0.778. The van der Waals surface area contributed by atoms with Crippen molar-refractivity contribution in [2.45, 2.75) is 19.5 Å². The van der Waals surface area contributed by atoms with Crippen LogP contribution in [0.5, 0.6) is 0 Å². The molecule has 0 aromatic carbocycles. The summed E-state index contributed by atoms with van der Waals surface area (Å²) < 4.78 is 42.5. The third kappa shape index (κ3) is 2.68. The summed E-state index contributed by atoms with van der Waals surface area (Å²) in [6, 6.07) is 0.819. The van der Waals surface area contributed by atoms with Crippen LogP contribution in [0.1, 0.15) is 19.0 Å². The summed E-state index contributed by atoms with van der Waals surface area (Å²) in [7, 11) is 1.29. The lowest BCUT2D eigenvalue weighted by Crippen LogP contribution is -2.33. The summed E-state index contributed by atoms with van der Waals surface area (Å²) in [5.41, 5.74) is -1.74. The zero-order chi connectivity index (χ0) is 15.0. The van der Waals surface area contributed by atoms with E-state index >= 15 is 0 Å². The van der Waals surface area contributed by atoms with Crippen LogP contribution in [-0.4, -0.2) is 36.1 Å². The molecule has 5 nitrogen and oxygen atoms in total.